The molecule has 0 aliphatic carbocycles. The van der Waals surface area contributed by atoms with Crippen LogP contribution in [0.5, 0.6) is 11.5 Å². The van der Waals surface area contributed by atoms with Gasteiger partial charge in [-0.3, -0.25) is 4.79 Å². The molecular weight excluding hydrogens is 314 g/mol. The molecule has 0 spiro atoms. The maximum atomic E-state index is 12.4. The molecule has 0 aliphatic rings. The van der Waals surface area contributed by atoms with Crippen molar-refractivity contribution in [2.75, 3.05) is 11.9 Å². The molecule has 2 rings (SSSR count). The van der Waals surface area contributed by atoms with Crippen LogP contribution in [0.1, 0.15) is 50.4 Å². The van der Waals surface area contributed by atoms with Gasteiger partial charge in [-0.05, 0) is 56.7 Å². The third-order valence-corrected chi connectivity index (χ3v) is 3.60. The zero-order chi connectivity index (χ0) is 18.1. The van der Waals surface area contributed by atoms with Crippen LogP contribution in [0.3, 0.4) is 0 Å². The second-order valence-corrected chi connectivity index (χ2v) is 6.23. The van der Waals surface area contributed by atoms with E-state index in [0.717, 1.165) is 17.9 Å². The fourth-order valence-electron chi connectivity index (χ4n) is 2.37. The SMILES string of the molecule is CCCCCOc1ccc(C(=O)Nc2cccc(OC(C)C)c2)cc1. The van der Waals surface area contributed by atoms with E-state index in [9.17, 15) is 4.79 Å². The van der Waals surface area contributed by atoms with E-state index in [1.165, 1.54) is 12.8 Å². The highest BCUT2D eigenvalue weighted by Crippen LogP contribution is 2.20. The average molecular weight is 341 g/mol. The highest BCUT2D eigenvalue weighted by atomic mass is 16.5. The molecule has 0 aromatic heterocycles. The van der Waals surface area contributed by atoms with E-state index in [1.54, 1.807) is 12.1 Å². The fraction of sp³-hybridized carbons (Fsp3) is 0.381. The van der Waals surface area contributed by atoms with Gasteiger partial charge in [0.05, 0.1) is 12.7 Å². The van der Waals surface area contributed by atoms with E-state index in [0.29, 0.717) is 17.9 Å². The van der Waals surface area contributed by atoms with Gasteiger partial charge in [-0.2, -0.15) is 0 Å². The van der Waals surface area contributed by atoms with Crippen molar-refractivity contribution in [2.24, 2.45) is 0 Å². The molecule has 4 heteroatoms. The number of rotatable bonds is 9. The van der Waals surface area contributed by atoms with Crippen molar-refractivity contribution in [3.63, 3.8) is 0 Å². The topological polar surface area (TPSA) is 47.6 Å². The molecular formula is C21H27NO3. The highest BCUT2D eigenvalue weighted by Gasteiger charge is 2.07. The number of anilines is 1. The van der Waals surface area contributed by atoms with Crippen molar-refractivity contribution in [3.8, 4) is 11.5 Å². The lowest BCUT2D eigenvalue weighted by molar-refractivity contribution is 0.102. The van der Waals surface area contributed by atoms with Crippen LogP contribution < -0.4 is 14.8 Å². The Kier molecular flexibility index (Phi) is 7.33. The normalized spacial score (nSPS) is 10.6. The van der Waals surface area contributed by atoms with Crippen LogP contribution in [-0.4, -0.2) is 18.6 Å². The molecule has 0 saturated carbocycles. The Labute approximate surface area is 150 Å². The van der Waals surface area contributed by atoms with Gasteiger partial charge in [-0.25, -0.2) is 0 Å². The number of hydrogen-bond acceptors (Lipinski definition) is 3. The zero-order valence-corrected chi connectivity index (χ0v) is 15.2. The summed E-state index contributed by atoms with van der Waals surface area (Å²) < 4.78 is 11.3. The standard InChI is InChI=1S/C21H27NO3/c1-4-5-6-14-24-19-12-10-17(11-13-19)21(23)22-18-8-7-9-20(15-18)25-16(2)3/h7-13,15-16H,4-6,14H2,1-3H3,(H,22,23). The molecule has 2 aromatic rings. The number of nitrogens with one attached hydrogen (secondary N) is 1. The smallest absolute Gasteiger partial charge is 0.255 e. The van der Waals surface area contributed by atoms with Crippen LogP contribution in [0.15, 0.2) is 48.5 Å². The Morgan fingerprint density at radius 2 is 1.80 bits per heavy atom. The maximum absolute atomic E-state index is 12.4. The Balaban J connectivity index is 1.92. The molecule has 134 valence electrons. The molecule has 0 unspecified atom stereocenters. The molecule has 0 saturated heterocycles. The molecule has 0 aliphatic heterocycles. The minimum absolute atomic E-state index is 0.0934. The van der Waals surface area contributed by atoms with Crippen LogP contribution in [-0.2, 0) is 0 Å². The van der Waals surface area contributed by atoms with Gasteiger partial charge in [-0.15, -0.1) is 0 Å². The fourth-order valence-corrected chi connectivity index (χ4v) is 2.37. The summed E-state index contributed by atoms with van der Waals surface area (Å²) in [6.07, 6.45) is 3.48. The van der Waals surface area contributed by atoms with Crippen molar-refractivity contribution in [1.29, 1.82) is 0 Å². The molecule has 0 bridgehead atoms. The van der Waals surface area contributed by atoms with Gasteiger partial charge in [0.25, 0.3) is 5.91 Å². The molecule has 0 atom stereocenters. The molecule has 1 amide bonds. The number of benzene rings is 2. The summed E-state index contributed by atoms with van der Waals surface area (Å²) in [5.74, 6) is 1.38. The number of amides is 1. The first-order valence-electron chi connectivity index (χ1n) is 8.89. The van der Waals surface area contributed by atoms with Gasteiger partial charge in [0.2, 0.25) is 0 Å². The molecule has 0 fully saturated rings. The van der Waals surface area contributed by atoms with E-state index in [-0.39, 0.29) is 12.0 Å². The molecule has 2 aromatic carbocycles. The lowest BCUT2D eigenvalue weighted by atomic mass is 10.2. The summed E-state index contributed by atoms with van der Waals surface area (Å²) in [6.45, 7) is 6.81. The van der Waals surface area contributed by atoms with Crippen molar-refractivity contribution >= 4 is 11.6 Å². The van der Waals surface area contributed by atoms with Gasteiger partial charge < -0.3 is 14.8 Å². The lowest BCUT2D eigenvalue weighted by Crippen LogP contribution is -2.12. The second-order valence-electron chi connectivity index (χ2n) is 6.23. The predicted molar refractivity (Wildman–Crippen MR) is 102 cm³/mol. The van der Waals surface area contributed by atoms with Gasteiger partial charge in [0.15, 0.2) is 0 Å². The quantitative estimate of drug-likeness (QED) is 0.630. The summed E-state index contributed by atoms with van der Waals surface area (Å²) in [5, 5.41) is 2.89. The zero-order valence-electron chi connectivity index (χ0n) is 15.2. The average Bonchev–Trinajstić information content (AvgIpc) is 2.59. The Bertz CT molecular complexity index is 665. The van der Waals surface area contributed by atoms with Crippen molar-refractivity contribution in [2.45, 2.75) is 46.1 Å². The van der Waals surface area contributed by atoms with Crippen LogP contribution in [0.2, 0.25) is 0 Å². The summed E-state index contributed by atoms with van der Waals surface area (Å²) in [5.41, 5.74) is 1.30. The van der Waals surface area contributed by atoms with E-state index >= 15 is 0 Å². The van der Waals surface area contributed by atoms with Gasteiger partial charge in [0.1, 0.15) is 11.5 Å². The predicted octanol–water partition coefficient (Wildman–Crippen LogP) is 5.30. The lowest BCUT2D eigenvalue weighted by Gasteiger charge is -2.12. The molecule has 0 radical (unpaired) electrons. The van der Waals surface area contributed by atoms with Crippen LogP contribution in [0.25, 0.3) is 0 Å². The summed E-state index contributed by atoms with van der Waals surface area (Å²) in [6, 6.07) is 14.6. The second kappa shape index (κ2) is 9.72. The van der Waals surface area contributed by atoms with Crippen molar-refractivity contribution in [1.82, 2.24) is 0 Å². The summed E-state index contributed by atoms with van der Waals surface area (Å²) in [7, 11) is 0. The molecule has 4 nitrogen and oxygen atoms in total. The van der Waals surface area contributed by atoms with Crippen LogP contribution >= 0.6 is 0 Å². The van der Waals surface area contributed by atoms with Crippen LogP contribution in [0, 0.1) is 0 Å². The Morgan fingerprint density at radius 1 is 1.04 bits per heavy atom. The van der Waals surface area contributed by atoms with E-state index in [4.69, 9.17) is 9.47 Å². The monoisotopic (exact) mass is 341 g/mol. The third-order valence-electron chi connectivity index (χ3n) is 3.60. The van der Waals surface area contributed by atoms with E-state index in [1.807, 2.05) is 50.2 Å². The maximum Gasteiger partial charge on any atom is 0.255 e. The first-order chi connectivity index (χ1) is 12.1. The Morgan fingerprint density at radius 3 is 2.48 bits per heavy atom. The number of carbonyl (C=O) groups is 1. The van der Waals surface area contributed by atoms with Gasteiger partial charge in [0, 0.05) is 17.3 Å². The first kappa shape index (κ1) is 18.8. The highest BCUT2D eigenvalue weighted by molar-refractivity contribution is 6.04. The van der Waals surface area contributed by atoms with E-state index < -0.39 is 0 Å². The van der Waals surface area contributed by atoms with Crippen LogP contribution in [0.4, 0.5) is 5.69 Å². The molecule has 1 N–H and O–H groups in total. The largest absolute Gasteiger partial charge is 0.494 e. The third kappa shape index (κ3) is 6.49. The number of ether oxygens (including phenoxy) is 2. The summed E-state index contributed by atoms with van der Waals surface area (Å²) in [4.78, 5) is 12.4. The number of hydrogen-bond donors (Lipinski definition) is 1. The minimum atomic E-state index is -0.153. The molecule has 0 heterocycles. The van der Waals surface area contributed by atoms with Crippen molar-refractivity contribution < 1.29 is 14.3 Å². The van der Waals surface area contributed by atoms with Gasteiger partial charge >= 0.3 is 0 Å². The number of carbonyl (C=O) groups excluding carboxylic acids is 1. The Hall–Kier alpha value is -2.49. The van der Waals surface area contributed by atoms with E-state index in [2.05, 4.69) is 12.2 Å². The van der Waals surface area contributed by atoms with Gasteiger partial charge in [-0.1, -0.05) is 25.8 Å². The molecule has 25 heavy (non-hydrogen) atoms. The van der Waals surface area contributed by atoms with Crippen molar-refractivity contribution in [3.05, 3.63) is 54.1 Å². The minimum Gasteiger partial charge on any atom is -0.494 e. The number of unbranched alkanes of at least 4 members (excludes halogenated alkanes) is 2. The summed E-state index contributed by atoms with van der Waals surface area (Å²) >= 11 is 0. The first-order valence-corrected chi connectivity index (χ1v) is 8.89.